The van der Waals surface area contributed by atoms with Crippen molar-refractivity contribution in [3.05, 3.63) is 17.1 Å². The minimum atomic E-state index is -0.00277. The Morgan fingerprint density at radius 2 is 1.94 bits per heavy atom. The van der Waals surface area contributed by atoms with Gasteiger partial charge in [0.1, 0.15) is 11.9 Å². The summed E-state index contributed by atoms with van der Waals surface area (Å²) in [7, 11) is 1.72. The summed E-state index contributed by atoms with van der Waals surface area (Å²) in [6.45, 7) is 9.27. The molecule has 1 heterocycles. The van der Waals surface area contributed by atoms with Gasteiger partial charge in [-0.2, -0.15) is 0 Å². The van der Waals surface area contributed by atoms with Crippen LogP contribution in [0.5, 0.6) is 0 Å². The molecule has 0 aliphatic heterocycles. The average Bonchev–Trinajstić information content (AvgIpc) is 2.36. The summed E-state index contributed by atoms with van der Waals surface area (Å²) >= 11 is 0. The summed E-state index contributed by atoms with van der Waals surface area (Å²) in [6.07, 6.45) is 2.96. The lowest BCUT2D eigenvalue weighted by atomic mass is 10.1. The SMILES string of the molecule is CCCC(OC)c1nc(C)c(CC)c(NCC)n1. The second-order valence-corrected chi connectivity index (χ2v) is 4.39. The number of nitrogens with one attached hydrogen (secondary N) is 1. The zero-order valence-corrected chi connectivity index (χ0v) is 12.2. The van der Waals surface area contributed by atoms with Crippen LogP contribution >= 0.6 is 0 Å². The maximum absolute atomic E-state index is 5.49. The van der Waals surface area contributed by atoms with Crippen LogP contribution in [-0.2, 0) is 11.2 Å². The van der Waals surface area contributed by atoms with Gasteiger partial charge in [0.2, 0.25) is 0 Å². The van der Waals surface area contributed by atoms with Crippen molar-refractivity contribution < 1.29 is 4.74 Å². The summed E-state index contributed by atoms with van der Waals surface area (Å²) in [5, 5.41) is 3.32. The summed E-state index contributed by atoms with van der Waals surface area (Å²) < 4.78 is 5.49. The molecule has 0 aliphatic carbocycles. The zero-order valence-electron chi connectivity index (χ0n) is 12.2. The van der Waals surface area contributed by atoms with Crippen molar-refractivity contribution in [1.29, 1.82) is 0 Å². The van der Waals surface area contributed by atoms with E-state index in [2.05, 4.69) is 36.1 Å². The van der Waals surface area contributed by atoms with Crippen LogP contribution in [0.4, 0.5) is 5.82 Å². The van der Waals surface area contributed by atoms with Crippen LogP contribution in [0.3, 0.4) is 0 Å². The monoisotopic (exact) mass is 251 g/mol. The molecule has 0 saturated heterocycles. The highest BCUT2D eigenvalue weighted by Crippen LogP contribution is 2.23. The maximum Gasteiger partial charge on any atom is 0.159 e. The Balaban J connectivity index is 3.13. The van der Waals surface area contributed by atoms with Crippen molar-refractivity contribution in [3.63, 3.8) is 0 Å². The predicted molar refractivity (Wildman–Crippen MR) is 75.0 cm³/mol. The Morgan fingerprint density at radius 1 is 1.22 bits per heavy atom. The van der Waals surface area contributed by atoms with Crippen LogP contribution in [0.25, 0.3) is 0 Å². The molecule has 1 rings (SSSR count). The van der Waals surface area contributed by atoms with E-state index in [4.69, 9.17) is 4.74 Å². The Morgan fingerprint density at radius 3 is 2.44 bits per heavy atom. The van der Waals surface area contributed by atoms with Gasteiger partial charge in [-0.05, 0) is 26.7 Å². The second-order valence-electron chi connectivity index (χ2n) is 4.39. The minimum absolute atomic E-state index is 0.00277. The molecule has 1 N–H and O–H groups in total. The number of hydrogen-bond acceptors (Lipinski definition) is 4. The fraction of sp³-hybridized carbons (Fsp3) is 0.714. The molecule has 0 amide bonds. The standard InChI is InChI=1S/C14H25N3O/c1-6-9-12(18-5)14-16-10(4)11(7-2)13(17-14)15-8-3/h12H,6-9H2,1-5H3,(H,15,16,17). The molecule has 1 aromatic heterocycles. The molecule has 0 fully saturated rings. The molecule has 102 valence electrons. The molecule has 0 bridgehead atoms. The molecule has 4 heteroatoms. The Labute approximate surface area is 110 Å². The lowest BCUT2D eigenvalue weighted by Crippen LogP contribution is -2.13. The first-order valence-corrected chi connectivity index (χ1v) is 6.81. The largest absolute Gasteiger partial charge is 0.373 e. The van der Waals surface area contributed by atoms with Crippen LogP contribution in [0.15, 0.2) is 0 Å². The van der Waals surface area contributed by atoms with Crippen molar-refractivity contribution in [2.45, 2.75) is 53.1 Å². The fourth-order valence-electron chi connectivity index (χ4n) is 2.11. The third kappa shape index (κ3) is 3.42. The molecular weight excluding hydrogens is 226 g/mol. The third-order valence-electron chi connectivity index (χ3n) is 3.05. The van der Waals surface area contributed by atoms with Gasteiger partial charge in [0, 0.05) is 24.9 Å². The highest BCUT2D eigenvalue weighted by atomic mass is 16.5. The molecule has 0 radical (unpaired) electrons. The van der Waals surface area contributed by atoms with Crippen molar-refractivity contribution in [1.82, 2.24) is 9.97 Å². The maximum atomic E-state index is 5.49. The Bertz CT molecular complexity index is 380. The van der Waals surface area contributed by atoms with Crippen molar-refractivity contribution in [3.8, 4) is 0 Å². The number of hydrogen-bond donors (Lipinski definition) is 1. The number of methoxy groups -OCH3 is 1. The van der Waals surface area contributed by atoms with Crippen LogP contribution in [0.2, 0.25) is 0 Å². The van der Waals surface area contributed by atoms with Crippen molar-refractivity contribution in [2.75, 3.05) is 19.0 Å². The first kappa shape index (κ1) is 14.9. The highest BCUT2D eigenvalue weighted by Gasteiger charge is 2.17. The van der Waals surface area contributed by atoms with E-state index >= 15 is 0 Å². The predicted octanol–water partition coefficient (Wildman–Crippen LogP) is 3.27. The Kier molecular flexibility index (Phi) is 6.05. The van der Waals surface area contributed by atoms with Gasteiger partial charge in [0.15, 0.2) is 5.82 Å². The van der Waals surface area contributed by atoms with E-state index in [1.54, 1.807) is 7.11 Å². The van der Waals surface area contributed by atoms with Crippen LogP contribution in [0, 0.1) is 6.92 Å². The van der Waals surface area contributed by atoms with E-state index in [9.17, 15) is 0 Å². The van der Waals surface area contributed by atoms with Gasteiger partial charge in [-0.25, -0.2) is 9.97 Å². The topological polar surface area (TPSA) is 47.0 Å². The summed E-state index contributed by atoms with van der Waals surface area (Å²) in [5.74, 6) is 1.76. The molecule has 1 unspecified atom stereocenters. The molecule has 0 aromatic carbocycles. The molecule has 0 saturated carbocycles. The van der Waals surface area contributed by atoms with E-state index in [-0.39, 0.29) is 6.10 Å². The minimum Gasteiger partial charge on any atom is -0.373 e. The highest BCUT2D eigenvalue weighted by molar-refractivity contribution is 5.46. The number of anilines is 1. The first-order valence-electron chi connectivity index (χ1n) is 6.81. The van der Waals surface area contributed by atoms with Gasteiger partial charge < -0.3 is 10.1 Å². The Hall–Kier alpha value is -1.16. The van der Waals surface area contributed by atoms with Gasteiger partial charge >= 0.3 is 0 Å². The number of rotatable bonds is 7. The first-order chi connectivity index (χ1) is 8.67. The number of aryl methyl sites for hydroxylation is 1. The van der Waals surface area contributed by atoms with Gasteiger partial charge in [-0.3, -0.25) is 0 Å². The summed E-state index contributed by atoms with van der Waals surface area (Å²) in [4.78, 5) is 9.24. The summed E-state index contributed by atoms with van der Waals surface area (Å²) in [6, 6.07) is 0. The normalized spacial score (nSPS) is 12.5. The van der Waals surface area contributed by atoms with E-state index in [1.165, 1.54) is 5.56 Å². The van der Waals surface area contributed by atoms with Crippen molar-refractivity contribution >= 4 is 5.82 Å². The summed E-state index contributed by atoms with van der Waals surface area (Å²) in [5.41, 5.74) is 2.25. The van der Waals surface area contributed by atoms with Gasteiger partial charge in [-0.15, -0.1) is 0 Å². The number of aromatic nitrogens is 2. The van der Waals surface area contributed by atoms with Gasteiger partial charge in [0.25, 0.3) is 0 Å². The molecule has 1 aromatic rings. The van der Waals surface area contributed by atoms with Crippen LogP contribution in [0.1, 0.15) is 56.8 Å². The van der Waals surface area contributed by atoms with E-state index in [0.29, 0.717) is 0 Å². The zero-order chi connectivity index (χ0) is 13.5. The quantitative estimate of drug-likeness (QED) is 0.808. The van der Waals surface area contributed by atoms with E-state index in [0.717, 1.165) is 43.1 Å². The number of nitrogens with zero attached hydrogens (tertiary/aromatic N) is 2. The van der Waals surface area contributed by atoms with Crippen LogP contribution in [-0.4, -0.2) is 23.6 Å². The number of ether oxygens (including phenoxy) is 1. The molecule has 0 aliphatic rings. The third-order valence-corrected chi connectivity index (χ3v) is 3.05. The molecule has 18 heavy (non-hydrogen) atoms. The molecule has 4 nitrogen and oxygen atoms in total. The lowest BCUT2D eigenvalue weighted by molar-refractivity contribution is 0.0875. The van der Waals surface area contributed by atoms with Gasteiger partial charge in [0.05, 0.1) is 0 Å². The fourth-order valence-corrected chi connectivity index (χ4v) is 2.11. The van der Waals surface area contributed by atoms with E-state index < -0.39 is 0 Å². The smallest absolute Gasteiger partial charge is 0.159 e. The second kappa shape index (κ2) is 7.31. The van der Waals surface area contributed by atoms with Gasteiger partial charge in [-0.1, -0.05) is 20.3 Å². The average molecular weight is 251 g/mol. The van der Waals surface area contributed by atoms with Crippen molar-refractivity contribution in [2.24, 2.45) is 0 Å². The molecular formula is C14H25N3O. The molecule has 0 spiro atoms. The van der Waals surface area contributed by atoms with E-state index in [1.807, 2.05) is 6.92 Å². The van der Waals surface area contributed by atoms with Crippen LogP contribution < -0.4 is 5.32 Å². The molecule has 1 atom stereocenters. The lowest BCUT2D eigenvalue weighted by Gasteiger charge is -2.17.